The molecule has 0 fully saturated rings. The smallest absolute Gasteiger partial charge is 0.248 e. The second-order valence-electron chi connectivity index (χ2n) is 5.98. The summed E-state index contributed by atoms with van der Waals surface area (Å²) in [4.78, 5) is 16.5. The lowest BCUT2D eigenvalue weighted by atomic mass is 10.1. The molecule has 2 aromatic carbocycles. The van der Waals surface area contributed by atoms with Crippen molar-refractivity contribution in [1.29, 1.82) is 0 Å². The van der Waals surface area contributed by atoms with Crippen LogP contribution in [0.4, 0.5) is 5.69 Å². The zero-order valence-corrected chi connectivity index (χ0v) is 16.2. The molecule has 144 valence electrons. The summed E-state index contributed by atoms with van der Waals surface area (Å²) in [5, 5.41) is 2.84. The van der Waals surface area contributed by atoms with Crippen molar-refractivity contribution in [3.05, 3.63) is 89.8 Å². The summed E-state index contributed by atoms with van der Waals surface area (Å²) in [6, 6.07) is 18.3. The fraction of sp³-hybridized carbons (Fsp3) is 0.0833. The number of pyridine rings is 1. The number of carbonyl (C=O) groups excluding carboxylic acids is 1. The summed E-state index contributed by atoms with van der Waals surface area (Å²) in [5.74, 6) is 7.13. The third-order valence-electron chi connectivity index (χ3n) is 3.98. The summed E-state index contributed by atoms with van der Waals surface area (Å²) in [5.41, 5.74) is 2.88. The second kappa shape index (κ2) is 9.77. The second-order valence-corrected chi connectivity index (χ2v) is 5.98. The number of hydrogen-bond donors (Lipinski definition) is 1. The summed E-state index contributed by atoms with van der Waals surface area (Å²) >= 11 is 0. The van der Waals surface area contributed by atoms with Crippen molar-refractivity contribution in [2.75, 3.05) is 19.5 Å². The zero-order valence-electron chi connectivity index (χ0n) is 16.2. The summed E-state index contributed by atoms with van der Waals surface area (Å²) in [6.45, 7) is 0. The van der Waals surface area contributed by atoms with Crippen LogP contribution >= 0.6 is 0 Å². The minimum absolute atomic E-state index is 0.260. The minimum atomic E-state index is -0.260. The third kappa shape index (κ3) is 5.72. The Morgan fingerprint density at radius 1 is 1.00 bits per heavy atom. The summed E-state index contributed by atoms with van der Waals surface area (Å²) < 4.78 is 10.5. The number of nitrogens with one attached hydrogen (secondary N) is 1. The highest BCUT2D eigenvalue weighted by molar-refractivity contribution is 6.02. The van der Waals surface area contributed by atoms with Crippen LogP contribution in [0.2, 0.25) is 0 Å². The molecule has 0 aliphatic heterocycles. The third-order valence-corrected chi connectivity index (χ3v) is 3.98. The van der Waals surface area contributed by atoms with Crippen LogP contribution in [0.25, 0.3) is 6.08 Å². The molecule has 1 heterocycles. The number of carbonyl (C=O) groups is 1. The lowest BCUT2D eigenvalue weighted by Gasteiger charge is -2.07. The van der Waals surface area contributed by atoms with Crippen LogP contribution in [0.15, 0.2) is 72.9 Å². The molecule has 1 amide bonds. The number of benzene rings is 2. The van der Waals surface area contributed by atoms with Crippen LogP contribution in [0, 0.1) is 11.8 Å². The molecule has 5 heteroatoms. The lowest BCUT2D eigenvalue weighted by molar-refractivity contribution is -0.111. The predicted octanol–water partition coefficient (Wildman–Crippen LogP) is 4.15. The Morgan fingerprint density at radius 2 is 1.90 bits per heavy atom. The molecule has 3 rings (SSSR count). The Kier molecular flexibility index (Phi) is 6.64. The molecular weight excluding hydrogens is 364 g/mol. The van der Waals surface area contributed by atoms with Crippen LogP contribution in [0.1, 0.15) is 16.8 Å². The fourth-order valence-electron chi connectivity index (χ4n) is 2.57. The normalized spacial score (nSPS) is 10.1. The Morgan fingerprint density at radius 3 is 2.66 bits per heavy atom. The molecule has 0 saturated carbocycles. The van der Waals surface area contributed by atoms with Crippen molar-refractivity contribution in [1.82, 2.24) is 4.98 Å². The number of amides is 1. The monoisotopic (exact) mass is 384 g/mol. The molecule has 1 aromatic heterocycles. The van der Waals surface area contributed by atoms with E-state index >= 15 is 0 Å². The number of anilines is 1. The Bertz CT molecular complexity index is 1080. The van der Waals surface area contributed by atoms with Crippen LogP contribution in [0.3, 0.4) is 0 Å². The van der Waals surface area contributed by atoms with E-state index in [9.17, 15) is 4.79 Å². The van der Waals surface area contributed by atoms with Gasteiger partial charge in [-0.25, -0.2) is 4.98 Å². The fourth-order valence-corrected chi connectivity index (χ4v) is 2.57. The first-order chi connectivity index (χ1) is 14.2. The summed E-state index contributed by atoms with van der Waals surface area (Å²) in [7, 11) is 3.17. The topological polar surface area (TPSA) is 60.5 Å². The number of aromatic nitrogens is 1. The quantitative estimate of drug-likeness (QED) is 0.530. The molecule has 3 aromatic rings. The van der Waals surface area contributed by atoms with Crippen molar-refractivity contribution in [2.24, 2.45) is 0 Å². The maximum atomic E-state index is 12.3. The molecule has 0 saturated heterocycles. The molecule has 5 nitrogen and oxygen atoms in total. The van der Waals surface area contributed by atoms with E-state index in [1.165, 1.54) is 6.08 Å². The van der Waals surface area contributed by atoms with Gasteiger partial charge in [0.05, 0.1) is 14.2 Å². The van der Waals surface area contributed by atoms with E-state index in [1.807, 2.05) is 42.5 Å². The van der Waals surface area contributed by atoms with E-state index in [2.05, 4.69) is 22.1 Å². The molecular formula is C24H20N2O3. The Labute approximate surface area is 170 Å². The zero-order chi connectivity index (χ0) is 20.5. The average Bonchev–Trinajstić information content (AvgIpc) is 2.77. The molecule has 0 atom stereocenters. The number of ether oxygens (including phenoxy) is 2. The van der Waals surface area contributed by atoms with Gasteiger partial charge in [-0.15, -0.1) is 0 Å². The molecule has 1 N–H and O–H groups in total. The first-order valence-corrected chi connectivity index (χ1v) is 8.92. The molecule has 0 aliphatic rings. The number of hydrogen-bond acceptors (Lipinski definition) is 4. The average molecular weight is 384 g/mol. The van der Waals surface area contributed by atoms with Gasteiger partial charge in [-0.05, 0) is 60.5 Å². The first kappa shape index (κ1) is 19.7. The van der Waals surface area contributed by atoms with Crippen molar-refractivity contribution in [3.63, 3.8) is 0 Å². The lowest BCUT2D eigenvalue weighted by Crippen LogP contribution is -2.07. The molecule has 29 heavy (non-hydrogen) atoms. The number of nitrogens with zero attached hydrogens (tertiary/aromatic N) is 1. The Balaban J connectivity index is 1.70. The van der Waals surface area contributed by atoms with Crippen molar-refractivity contribution >= 4 is 17.7 Å². The predicted molar refractivity (Wildman–Crippen MR) is 114 cm³/mol. The number of methoxy groups -OCH3 is 2. The van der Waals surface area contributed by atoms with Gasteiger partial charge in [-0.3, -0.25) is 4.79 Å². The van der Waals surface area contributed by atoms with E-state index < -0.39 is 0 Å². The highest BCUT2D eigenvalue weighted by Crippen LogP contribution is 2.25. The molecule has 0 aliphatic carbocycles. The van der Waals surface area contributed by atoms with Gasteiger partial charge in [0, 0.05) is 29.1 Å². The van der Waals surface area contributed by atoms with Gasteiger partial charge in [-0.2, -0.15) is 0 Å². The van der Waals surface area contributed by atoms with Gasteiger partial charge < -0.3 is 14.8 Å². The van der Waals surface area contributed by atoms with Gasteiger partial charge in [0.2, 0.25) is 5.91 Å². The van der Waals surface area contributed by atoms with Crippen molar-refractivity contribution < 1.29 is 14.3 Å². The maximum absolute atomic E-state index is 12.3. The standard InChI is InChI=1S/C24H20N2O3/c1-28-22-12-13-23(29-2)19(17-22)10-14-24(27)26-21-8-5-6-18(16-21)9-11-20-7-3-4-15-25-20/h3-8,10,12-17H,1-2H3,(H,26,27)/b14-10+. The molecule has 0 radical (unpaired) electrons. The molecule has 0 bridgehead atoms. The SMILES string of the molecule is COc1ccc(OC)c(/C=C/C(=O)Nc2cccc(C#Cc3ccccn3)c2)c1. The van der Waals surface area contributed by atoms with Crippen molar-refractivity contribution in [2.45, 2.75) is 0 Å². The van der Waals surface area contributed by atoms with Gasteiger partial charge in [-0.1, -0.05) is 18.1 Å². The van der Waals surface area contributed by atoms with Gasteiger partial charge in [0.1, 0.15) is 17.2 Å². The number of rotatable bonds is 5. The summed E-state index contributed by atoms with van der Waals surface area (Å²) in [6.07, 6.45) is 4.83. The Hall–Kier alpha value is -4.04. The van der Waals surface area contributed by atoms with Gasteiger partial charge in [0.25, 0.3) is 0 Å². The highest BCUT2D eigenvalue weighted by Gasteiger charge is 2.04. The van der Waals surface area contributed by atoms with E-state index in [-0.39, 0.29) is 5.91 Å². The van der Waals surface area contributed by atoms with E-state index in [4.69, 9.17) is 9.47 Å². The largest absolute Gasteiger partial charge is 0.497 e. The van der Waals surface area contributed by atoms with Crippen LogP contribution in [-0.2, 0) is 4.79 Å². The minimum Gasteiger partial charge on any atom is -0.497 e. The van der Waals surface area contributed by atoms with E-state index in [1.54, 1.807) is 44.7 Å². The molecule has 0 spiro atoms. The molecule has 0 unspecified atom stereocenters. The van der Waals surface area contributed by atoms with Crippen LogP contribution in [-0.4, -0.2) is 25.1 Å². The van der Waals surface area contributed by atoms with Gasteiger partial charge >= 0.3 is 0 Å². The maximum Gasteiger partial charge on any atom is 0.248 e. The first-order valence-electron chi connectivity index (χ1n) is 8.92. The van der Waals surface area contributed by atoms with Crippen LogP contribution < -0.4 is 14.8 Å². The highest BCUT2D eigenvalue weighted by atomic mass is 16.5. The van der Waals surface area contributed by atoms with Gasteiger partial charge in [0.15, 0.2) is 0 Å². The van der Waals surface area contributed by atoms with Crippen molar-refractivity contribution in [3.8, 4) is 23.3 Å². The van der Waals surface area contributed by atoms with Crippen LogP contribution in [0.5, 0.6) is 11.5 Å². The van der Waals surface area contributed by atoms with E-state index in [0.717, 1.165) is 11.1 Å². The van der Waals surface area contributed by atoms with E-state index in [0.29, 0.717) is 22.9 Å².